The third-order valence-corrected chi connectivity index (χ3v) is 4.30. The van der Waals surface area contributed by atoms with E-state index in [4.69, 9.17) is 9.47 Å². The number of hydrogen-bond acceptors (Lipinski definition) is 5. The number of pyridine rings is 1. The van der Waals surface area contributed by atoms with Crippen molar-refractivity contribution in [1.82, 2.24) is 19.5 Å². The molecular formula is C18H18N4O3. The first-order valence-corrected chi connectivity index (χ1v) is 8.13. The van der Waals surface area contributed by atoms with Gasteiger partial charge in [-0.2, -0.15) is 0 Å². The van der Waals surface area contributed by atoms with Gasteiger partial charge in [-0.25, -0.2) is 0 Å². The predicted octanol–water partition coefficient (Wildman–Crippen LogP) is 1.88. The summed E-state index contributed by atoms with van der Waals surface area (Å²) in [5, 5.41) is 8.47. The van der Waals surface area contributed by atoms with Crippen LogP contribution in [0.4, 0.5) is 0 Å². The number of para-hydroxylation sites is 1. The largest absolute Gasteiger partial charge is 0.496 e. The number of carbonyl (C=O) groups excluding carboxylic acids is 1. The highest BCUT2D eigenvalue weighted by atomic mass is 16.5. The first-order chi connectivity index (χ1) is 12.3. The number of fused-ring (bicyclic) bond motifs is 1. The first-order valence-electron chi connectivity index (χ1n) is 8.13. The van der Waals surface area contributed by atoms with E-state index >= 15 is 0 Å². The highest BCUT2D eigenvalue weighted by Gasteiger charge is 2.20. The second kappa shape index (κ2) is 6.52. The molecule has 1 amide bonds. The minimum atomic E-state index is -0.00937. The molecule has 0 aliphatic carbocycles. The van der Waals surface area contributed by atoms with Crippen molar-refractivity contribution in [1.29, 1.82) is 0 Å². The fourth-order valence-electron chi connectivity index (χ4n) is 2.98. The average molecular weight is 338 g/mol. The van der Waals surface area contributed by atoms with Gasteiger partial charge >= 0.3 is 0 Å². The molecule has 0 atom stereocenters. The molecule has 7 nitrogen and oxygen atoms in total. The summed E-state index contributed by atoms with van der Waals surface area (Å²) in [5.41, 5.74) is 2.11. The molecular weight excluding hydrogens is 320 g/mol. The summed E-state index contributed by atoms with van der Waals surface area (Å²) in [7, 11) is 1.62. The molecule has 0 spiro atoms. The van der Waals surface area contributed by atoms with E-state index in [1.807, 2.05) is 28.7 Å². The van der Waals surface area contributed by atoms with Gasteiger partial charge in [-0.05, 0) is 24.3 Å². The van der Waals surface area contributed by atoms with Crippen molar-refractivity contribution in [3.8, 4) is 17.1 Å². The van der Waals surface area contributed by atoms with Gasteiger partial charge < -0.3 is 14.4 Å². The van der Waals surface area contributed by atoms with Crippen LogP contribution in [0.2, 0.25) is 0 Å². The SMILES string of the molecule is COc1ccccc1-c1nnc2ccc(C(=O)N3CCOCC3)cn12. The molecule has 128 valence electrons. The van der Waals surface area contributed by atoms with Crippen molar-refractivity contribution < 1.29 is 14.3 Å². The van der Waals surface area contributed by atoms with Crippen LogP contribution in [-0.4, -0.2) is 58.8 Å². The molecule has 1 aliphatic rings. The predicted molar refractivity (Wildman–Crippen MR) is 91.7 cm³/mol. The Hall–Kier alpha value is -2.93. The molecule has 0 radical (unpaired) electrons. The summed E-state index contributed by atoms with van der Waals surface area (Å²) in [4.78, 5) is 14.5. The lowest BCUT2D eigenvalue weighted by molar-refractivity contribution is 0.0302. The van der Waals surface area contributed by atoms with Gasteiger partial charge in [0.2, 0.25) is 0 Å². The van der Waals surface area contributed by atoms with Crippen molar-refractivity contribution >= 4 is 11.6 Å². The van der Waals surface area contributed by atoms with Gasteiger partial charge in [0.25, 0.3) is 5.91 Å². The van der Waals surface area contributed by atoms with E-state index in [-0.39, 0.29) is 5.91 Å². The van der Waals surface area contributed by atoms with Gasteiger partial charge in [0.05, 0.1) is 31.5 Å². The van der Waals surface area contributed by atoms with Crippen LogP contribution in [0.1, 0.15) is 10.4 Å². The van der Waals surface area contributed by atoms with E-state index in [0.717, 1.165) is 5.56 Å². The number of carbonyl (C=O) groups is 1. The number of aromatic nitrogens is 3. The zero-order chi connectivity index (χ0) is 17.2. The molecule has 4 rings (SSSR count). The summed E-state index contributed by atoms with van der Waals surface area (Å²) in [6, 6.07) is 11.2. The second-order valence-corrected chi connectivity index (χ2v) is 5.77. The molecule has 3 aromatic rings. The molecule has 3 heterocycles. The molecule has 0 N–H and O–H groups in total. The normalized spacial score (nSPS) is 14.7. The number of nitrogens with zero attached hydrogens (tertiary/aromatic N) is 4. The minimum absolute atomic E-state index is 0.00937. The Morgan fingerprint density at radius 1 is 1.12 bits per heavy atom. The summed E-state index contributed by atoms with van der Waals surface area (Å²) >= 11 is 0. The third-order valence-electron chi connectivity index (χ3n) is 4.30. The molecule has 25 heavy (non-hydrogen) atoms. The second-order valence-electron chi connectivity index (χ2n) is 5.77. The molecule has 1 aliphatic heterocycles. The van der Waals surface area contributed by atoms with Crippen molar-refractivity contribution in [3.05, 3.63) is 48.2 Å². The lowest BCUT2D eigenvalue weighted by Gasteiger charge is -2.26. The monoisotopic (exact) mass is 338 g/mol. The number of rotatable bonds is 3. The smallest absolute Gasteiger partial charge is 0.255 e. The van der Waals surface area contributed by atoms with E-state index in [9.17, 15) is 4.79 Å². The van der Waals surface area contributed by atoms with Crippen molar-refractivity contribution in [3.63, 3.8) is 0 Å². The highest BCUT2D eigenvalue weighted by molar-refractivity contribution is 5.94. The van der Waals surface area contributed by atoms with Crippen LogP contribution >= 0.6 is 0 Å². The standard InChI is InChI=1S/C18H18N4O3/c1-24-15-5-3-2-4-14(15)17-20-19-16-7-6-13(12-22(16)17)18(23)21-8-10-25-11-9-21/h2-7,12H,8-11H2,1H3. The molecule has 0 bridgehead atoms. The fraction of sp³-hybridized carbons (Fsp3) is 0.278. The van der Waals surface area contributed by atoms with E-state index in [1.54, 1.807) is 30.3 Å². The van der Waals surface area contributed by atoms with E-state index < -0.39 is 0 Å². The van der Waals surface area contributed by atoms with Crippen molar-refractivity contribution in [2.75, 3.05) is 33.4 Å². The van der Waals surface area contributed by atoms with Gasteiger partial charge in [0, 0.05) is 19.3 Å². The number of morpholine rings is 1. The average Bonchev–Trinajstić information content (AvgIpc) is 3.11. The number of hydrogen-bond donors (Lipinski definition) is 0. The highest BCUT2D eigenvalue weighted by Crippen LogP contribution is 2.28. The fourth-order valence-corrected chi connectivity index (χ4v) is 2.98. The van der Waals surface area contributed by atoms with Gasteiger partial charge in [0.15, 0.2) is 11.5 Å². The molecule has 7 heteroatoms. The molecule has 0 unspecified atom stereocenters. The number of ether oxygens (including phenoxy) is 2. The molecule has 1 saturated heterocycles. The van der Waals surface area contributed by atoms with Crippen LogP contribution in [0, 0.1) is 0 Å². The maximum absolute atomic E-state index is 12.7. The Labute approximate surface area is 144 Å². The number of amides is 1. The molecule has 2 aromatic heterocycles. The van der Waals surface area contributed by atoms with E-state index in [1.165, 1.54) is 0 Å². The van der Waals surface area contributed by atoms with E-state index in [2.05, 4.69) is 10.2 Å². The zero-order valence-corrected chi connectivity index (χ0v) is 13.9. The third kappa shape index (κ3) is 2.83. The van der Waals surface area contributed by atoms with Crippen LogP contribution in [0.3, 0.4) is 0 Å². The summed E-state index contributed by atoms with van der Waals surface area (Å²) in [5.74, 6) is 1.34. The maximum atomic E-state index is 12.7. The first kappa shape index (κ1) is 15.6. The maximum Gasteiger partial charge on any atom is 0.255 e. The van der Waals surface area contributed by atoms with Gasteiger partial charge in [0.1, 0.15) is 5.75 Å². The Balaban J connectivity index is 1.76. The van der Waals surface area contributed by atoms with Crippen LogP contribution in [0.5, 0.6) is 5.75 Å². The summed E-state index contributed by atoms with van der Waals surface area (Å²) in [6.07, 6.45) is 1.79. The summed E-state index contributed by atoms with van der Waals surface area (Å²) < 4.78 is 12.6. The Morgan fingerprint density at radius 3 is 2.72 bits per heavy atom. The van der Waals surface area contributed by atoms with Gasteiger partial charge in [-0.3, -0.25) is 9.20 Å². The van der Waals surface area contributed by atoms with E-state index in [0.29, 0.717) is 49.1 Å². The lowest BCUT2D eigenvalue weighted by Crippen LogP contribution is -2.40. The van der Waals surface area contributed by atoms with Crippen molar-refractivity contribution in [2.45, 2.75) is 0 Å². The molecule has 1 aromatic carbocycles. The molecule has 1 fully saturated rings. The van der Waals surface area contributed by atoms with Crippen molar-refractivity contribution in [2.24, 2.45) is 0 Å². The Kier molecular flexibility index (Phi) is 4.07. The lowest BCUT2D eigenvalue weighted by atomic mass is 10.2. The number of methoxy groups -OCH3 is 1. The van der Waals surface area contributed by atoms with Crippen LogP contribution in [-0.2, 0) is 4.74 Å². The molecule has 0 saturated carbocycles. The van der Waals surface area contributed by atoms with Crippen LogP contribution < -0.4 is 4.74 Å². The van der Waals surface area contributed by atoms with Gasteiger partial charge in [-0.15, -0.1) is 10.2 Å². The topological polar surface area (TPSA) is 69.0 Å². The minimum Gasteiger partial charge on any atom is -0.496 e. The van der Waals surface area contributed by atoms with Crippen LogP contribution in [0.25, 0.3) is 17.0 Å². The Morgan fingerprint density at radius 2 is 1.92 bits per heavy atom. The van der Waals surface area contributed by atoms with Gasteiger partial charge in [-0.1, -0.05) is 12.1 Å². The zero-order valence-electron chi connectivity index (χ0n) is 13.9. The Bertz CT molecular complexity index is 916. The van der Waals surface area contributed by atoms with Crippen LogP contribution in [0.15, 0.2) is 42.6 Å². The quantitative estimate of drug-likeness (QED) is 0.729. The summed E-state index contributed by atoms with van der Waals surface area (Å²) in [6.45, 7) is 2.37. The number of benzene rings is 1.